The minimum atomic E-state index is -4.53. The van der Waals surface area contributed by atoms with Crippen molar-refractivity contribution in [2.75, 3.05) is 13.6 Å². The summed E-state index contributed by atoms with van der Waals surface area (Å²) in [5.74, 6) is 2.04. The Labute approximate surface area is 108 Å². The fraction of sp³-hybridized carbons (Fsp3) is 0.400. The van der Waals surface area contributed by atoms with E-state index in [1.165, 1.54) is 11.3 Å². The first-order valence-electron chi connectivity index (χ1n) is 4.87. The van der Waals surface area contributed by atoms with E-state index in [1.807, 2.05) is 0 Å². The normalized spacial score (nSPS) is 11.7. The molecule has 0 aliphatic rings. The molecule has 0 aliphatic carbocycles. The summed E-state index contributed by atoms with van der Waals surface area (Å²) in [4.78, 5) is 0.721. The van der Waals surface area contributed by atoms with Gasteiger partial charge >= 0.3 is 5.76 Å². The Morgan fingerprint density at radius 2 is 2.22 bits per heavy atom. The van der Waals surface area contributed by atoms with Gasteiger partial charge in [0.2, 0.25) is 0 Å². The Kier molecular flexibility index (Phi) is 5.22. The van der Waals surface area contributed by atoms with Crippen LogP contribution < -0.4 is 5.73 Å². The van der Waals surface area contributed by atoms with Crippen LogP contribution in [-0.2, 0) is 16.6 Å². The summed E-state index contributed by atoms with van der Waals surface area (Å²) >= 11 is 1.31. The zero-order valence-electron chi connectivity index (χ0n) is 9.56. The molecule has 4 nitrogen and oxygen atoms in total. The highest BCUT2D eigenvalue weighted by Crippen LogP contribution is 2.18. The minimum Gasteiger partial charge on any atom is -0.320 e. The van der Waals surface area contributed by atoms with Crippen molar-refractivity contribution in [3.05, 3.63) is 21.9 Å². The molecule has 18 heavy (non-hydrogen) atoms. The molecular weight excluding hydrogens is 282 g/mol. The van der Waals surface area contributed by atoms with E-state index in [-0.39, 0.29) is 13.1 Å². The summed E-state index contributed by atoms with van der Waals surface area (Å²) in [7, 11) is -3.42. The van der Waals surface area contributed by atoms with Crippen LogP contribution in [0.4, 0.5) is 8.78 Å². The van der Waals surface area contributed by atoms with Gasteiger partial charge in [0, 0.05) is 13.6 Å². The summed E-state index contributed by atoms with van der Waals surface area (Å²) < 4.78 is 47.5. The van der Waals surface area contributed by atoms with E-state index in [1.54, 1.807) is 11.4 Å². The summed E-state index contributed by atoms with van der Waals surface area (Å²) in [6.45, 7) is 0.125. The van der Waals surface area contributed by atoms with Crippen molar-refractivity contribution in [2.45, 2.75) is 12.3 Å². The van der Waals surface area contributed by atoms with Crippen LogP contribution in [0.1, 0.15) is 10.4 Å². The van der Waals surface area contributed by atoms with E-state index in [4.69, 9.17) is 5.73 Å². The maximum atomic E-state index is 12.3. The van der Waals surface area contributed by atoms with Gasteiger partial charge in [0.05, 0.1) is 11.4 Å². The number of alkyl halides is 2. The van der Waals surface area contributed by atoms with Gasteiger partial charge in [-0.05, 0) is 17.0 Å². The number of nitrogens with zero attached hydrogens (tertiary/aromatic N) is 1. The fourth-order valence-corrected chi connectivity index (χ4v) is 2.52. The average Bonchev–Trinajstić information content (AvgIpc) is 2.73. The number of thiophene rings is 1. The molecule has 0 radical (unpaired) electrons. The van der Waals surface area contributed by atoms with Gasteiger partial charge in [-0.2, -0.15) is 13.1 Å². The first-order chi connectivity index (χ1) is 8.37. The van der Waals surface area contributed by atoms with Crippen LogP contribution >= 0.6 is 11.3 Å². The smallest absolute Gasteiger partial charge is 0.320 e. The first-order valence-corrected chi connectivity index (χ1v) is 7.26. The molecule has 1 aromatic rings. The lowest BCUT2D eigenvalue weighted by Gasteiger charge is -2.15. The van der Waals surface area contributed by atoms with E-state index >= 15 is 0 Å². The van der Waals surface area contributed by atoms with Gasteiger partial charge < -0.3 is 5.73 Å². The van der Waals surface area contributed by atoms with E-state index in [9.17, 15) is 17.2 Å². The second-order valence-electron chi connectivity index (χ2n) is 3.39. The van der Waals surface area contributed by atoms with Crippen LogP contribution in [-0.4, -0.2) is 32.1 Å². The average molecular weight is 294 g/mol. The zero-order chi connectivity index (χ0) is 13.8. The lowest BCUT2D eigenvalue weighted by molar-refractivity contribution is 0.222. The van der Waals surface area contributed by atoms with Crippen LogP contribution in [0.25, 0.3) is 0 Å². The number of nitrogens with two attached hydrogens (primary N) is 1. The van der Waals surface area contributed by atoms with Crippen molar-refractivity contribution < 1.29 is 17.2 Å². The molecule has 0 bridgehead atoms. The largest absolute Gasteiger partial charge is 0.350 e. The van der Waals surface area contributed by atoms with Crippen molar-refractivity contribution in [1.82, 2.24) is 4.31 Å². The van der Waals surface area contributed by atoms with Crippen molar-refractivity contribution in [3.63, 3.8) is 0 Å². The van der Waals surface area contributed by atoms with Gasteiger partial charge in [-0.15, -0.1) is 11.3 Å². The SMILES string of the molecule is CN(Cc1csc(C#CCN)c1)S(=O)(=O)C(F)F. The van der Waals surface area contributed by atoms with Crippen molar-refractivity contribution in [3.8, 4) is 11.8 Å². The number of halogens is 2. The van der Waals surface area contributed by atoms with Crippen LogP contribution in [0.5, 0.6) is 0 Å². The zero-order valence-corrected chi connectivity index (χ0v) is 11.2. The standard InChI is InChI=1S/C10H12F2N2O2S2/c1-14(18(15,16)10(11)12)6-8-5-9(17-7-8)3-2-4-13/h5,7,10H,4,6,13H2,1H3. The number of hydrogen-bond donors (Lipinski definition) is 1. The topological polar surface area (TPSA) is 63.4 Å². The maximum absolute atomic E-state index is 12.3. The van der Waals surface area contributed by atoms with Crippen molar-refractivity contribution in [1.29, 1.82) is 0 Å². The Bertz CT molecular complexity index is 558. The Morgan fingerprint density at radius 3 is 2.78 bits per heavy atom. The van der Waals surface area contributed by atoms with Gasteiger partial charge in [0.1, 0.15) is 0 Å². The third kappa shape index (κ3) is 3.74. The molecule has 8 heteroatoms. The third-order valence-electron chi connectivity index (χ3n) is 2.03. The predicted molar refractivity (Wildman–Crippen MR) is 66.6 cm³/mol. The molecule has 0 aliphatic heterocycles. The van der Waals surface area contributed by atoms with Crippen molar-refractivity contribution in [2.24, 2.45) is 5.73 Å². The first kappa shape index (κ1) is 15.0. The summed E-state index contributed by atoms with van der Waals surface area (Å²) in [5, 5.41) is 1.68. The molecule has 1 rings (SSSR count). The van der Waals surface area contributed by atoms with E-state index in [0.717, 1.165) is 11.9 Å². The highest BCUT2D eigenvalue weighted by molar-refractivity contribution is 7.89. The van der Waals surface area contributed by atoms with Crippen LogP contribution in [0, 0.1) is 11.8 Å². The van der Waals surface area contributed by atoms with Gasteiger partial charge in [-0.25, -0.2) is 8.42 Å². The molecule has 1 aromatic heterocycles. The van der Waals surface area contributed by atoms with Gasteiger partial charge in [-0.3, -0.25) is 0 Å². The second kappa shape index (κ2) is 6.24. The molecule has 0 saturated carbocycles. The summed E-state index contributed by atoms with van der Waals surface area (Å²) in [5.41, 5.74) is 5.83. The third-order valence-corrected chi connectivity index (χ3v) is 4.37. The van der Waals surface area contributed by atoms with Crippen molar-refractivity contribution >= 4 is 21.4 Å². The Morgan fingerprint density at radius 1 is 1.56 bits per heavy atom. The lowest BCUT2D eigenvalue weighted by Crippen LogP contribution is -2.31. The van der Waals surface area contributed by atoms with E-state index in [2.05, 4.69) is 11.8 Å². The maximum Gasteiger partial charge on any atom is 0.350 e. The highest BCUT2D eigenvalue weighted by Gasteiger charge is 2.29. The minimum absolute atomic E-state index is 0.104. The second-order valence-corrected chi connectivity index (χ2v) is 6.31. The molecule has 0 amide bonds. The molecule has 0 saturated heterocycles. The number of sulfonamides is 1. The molecular formula is C10H12F2N2O2S2. The molecule has 2 N–H and O–H groups in total. The predicted octanol–water partition coefficient (Wildman–Crippen LogP) is 1.04. The molecule has 0 unspecified atom stereocenters. The Balaban J connectivity index is 2.77. The molecule has 100 valence electrons. The quantitative estimate of drug-likeness (QED) is 0.844. The van der Waals surface area contributed by atoms with Gasteiger partial charge in [-0.1, -0.05) is 11.8 Å². The Hall–Kier alpha value is -1.01. The molecule has 0 atom stereocenters. The fourth-order valence-electron chi connectivity index (χ4n) is 1.15. The number of hydrogen-bond acceptors (Lipinski definition) is 4. The molecule has 1 heterocycles. The van der Waals surface area contributed by atoms with E-state index < -0.39 is 15.8 Å². The van der Waals surface area contributed by atoms with Gasteiger partial charge in [0.25, 0.3) is 10.0 Å². The summed E-state index contributed by atoms with van der Waals surface area (Å²) in [6, 6.07) is 1.66. The number of rotatable bonds is 4. The molecule has 0 spiro atoms. The summed E-state index contributed by atoms with van der Waals surface area (Å²) in [6.07, 6.45) is 0. The molecule has 0 fully saturated rings. The highest BCUT2D eigenvalue weighted by atomic mass is 32.2. The van der Waals surface area contributed by atoms with Gasteiger partial charge in [0.15, 0.2) is 0 Å². The van der Waals surface area contributed by atoms with Crippen LogP contribution in [0.2, 0.25) is 0 Å². The lowest BCUT2D eigenvalue weighted by atomic mass is 10.3. The monoisotopic (exact) mass is 294 g/mol. The molecule has 0 aromatic carbocycles. The van der Waals surface area contributed by atoms with E-state index in [0.29, 0.717) is 9.87 Å². The van der Waals surface area contributed by atoms with Crippen LogP contribution in [0.15, 0.2) is 11.4 Å². The van der Waals surface area contributed by atoms with Crippen LogP contribution in [0.3, 0.4) is 0 Å².